The third-order valence-corrected chi connectivity index (χ3v) is 8.20. The first-order valence-corrected chi connectivity index (χ1v) is 13.4. The minimum absolute atomic E-state index is 0.0427. The summed E-state index contributed by atoms with van der Waals surface area (Å²) in [4.78, 5) is 35.2. The average Bonchev–Trinajstić information content (AvgIpc) is 3.34. The number of methoxy groups -OCH3 is 1. The van der Waals surface area contributed by atoms with Crippen molar-refractivity contribution in [2.75, 3.05) is 26.8 Å². The number of hydrogen-bond acceptors (Lipinski definition) is 4. The van der Waals surface area contributed by atoms with Gasteiger partial charge in [-0.25, -0.2) is 0 Å². The van der Waals surface area contributed by atoms with Crippen LogP contribution in [-0.2, 0) is 21.7 Å². The Morgan fingerprint density at radius 3 is 2.54 bits per heavy atom. The number of para-hydroxylation sites is 2. The van der Waals surface area contributed by atoms with E-state index in [1.807, 2.05) is 81.4 Å². The van der Waals surface area contributed by atoms with E-state index in [1.54, 1.807) is 16.9 Å². The van der Waals surface area contributed by atoms with Gasteiger partial charge in [0.05, 0.1) is 19.4 Å². The number of fused-ring (bicyclic) bond motifs is 5. The molecule has 2 atom stereocenters. The van der Waals surface area contributed by atoms with Gasteiger partial charge in [-0.05, 0) is 44.0 Å². The normalized spacial score (nSPS) is 20.7. The van der Waals surface area contributed by atoms with Crippen LogP contribution in [0.1, 0.15) is 47.7 Å². The molecule has 0 radical (unpaired) electrons. The van der Waals surface area contributed by atoms with Gasteiger partial charge in [0, 0.05) is 35.5 Å². The van der Waals surface area contributed by atoms with Crippen LogP contribution in [0.15, 0.2) is 66.7 Å². The summed E-state index contributed by atoms with van der Waals surface area (Å²) in [5, 5.41) is 1.04. The average molecular weight is 524 g/mol. The monoisotopic (exact) mass is 523 g/mol. The van der Waals surface area contributed by atoms with E-state index in [9.17, 15) is 9.59 Å². The molecule has 200 valence electrons. The number of carbonyl (C=O) groups excluding carboxylic acids is 2. The first-order valence-electron chi connectivity index (χ1n) is 13.4. The highest BCUT2D eigenvalue weighted by atomic mass is 16.5. The van der Waals surface area contributed by atoms with Crippen LogP contribution < -0.4 is 9.47 Å². The maximum Gasteiger partial charge on any atom is 0.255 e. The number of ether oxygens (including phenoxy) is 2. The highest BCUT2D eigenvalue weighted by Gasteiger charge is 2.56. The Bertz CT molecular complexity index is 1570. The zero-order valence-electron chi connectivity index (χ0n) is 22.8. The summed E-state index contributed by atoms with van der Waals surface area (Å²) < 4.78 is 11.8. The fourth-order valence-corrected chi connectivity index (χ4v) is 6.27. The molecule has 0 aliphatic carbocycles. The number of aromatic nitrogens is 1. The molecule has 4 aromatic rings. The second-order valence-electron chi connectivity index (χ2n) is 10.5. The van der Waals surface area contributed by atoms with E-state index >= 15 is 0 Å². The van der Waals surface area contributed by atoms with Crippen LogP contribution in [0.3, 0.4) is 0 Å². The Morgan fingerprint density at radius 1 is 1.03 bits per heavy atom. The van der Waals surface area contributed by atoms with E-state index in [2.05, 4.69) is 11.1 Å². The van der Waals surface area contributed by atoms with Gasteiger partial charge in [-0.1, -0.05) is 60.2 Å². The summed E-state index contributed by atoms with van der Waals surface area (Å²) in [5.74, 6) is 0.962. The van der Waals surface area contributed by atoms with Crippen molar-refractivity contribution < 1.29 is 19.1 Å². The van der Waals surface area contributed by atoms with Crippen LogP contribution in [0, 0.1) is 6.92 Å². The number of nitrogens with one attached hydrogen (secondary N) is 1. The number of aryl methyl sites for hydroxylation is 1. The van der Waals surface area contributed by atoms with Gasteiger partial charge < -0.3 is 24.3 Å². The van der Waals surface area contributed by atoms with Gasteiger partial charge in [0.15, 0.2) is 17.0 Å². The third kappa shape index (κ3) is 3.87. The summed E-state index contributed by atoms with van der Waals surface area (Å²) in [6.45, 7) is 7.13. The second kappa shape index (κ2) is 9.49. The zero-order chi connectivity index (χ0) is 27.3. The van der Waals surface area contributed by atoms with Crippen LogP contribution in [0.25, 0.3) is 10.9 Å². The SMILES string of the molecule is CCOc1c(OC)cccc1[C@H]1CN2C(=O)CN(Cc3ccc(C)cc3)C(=O)[C@]2(C)c2[nH]c3ccccc3c21. The van der Waals surface area contributed by atoms with Crippen molar-refractivity contribution in [1.82, 2.24) is 14.8 Å². The van der Waals surface area contributed by atoms with Gasteiger partial charge in [-0.15, -0.1) is 0 Å². The molecule has 0 bridgehead atoms. The van der Waals surface area contributed by atoms with Crippen molar-refractivity contribution in [1.29, 1.82) is 0 Å². The molecule has 7 nitrogen and oxygen atoms in total. The second-order valence-corrected chi connectivity index (χ2v) is 10.5. The van der Waals surface area contributed by atoms with Crippen LogP contribution in [0.2, 0.25) is 0 Å². The molecule has 1 aromatic heterocycles. The number of nitrogens with zero attached hydrogens (tertiary/aromatic N) is 2. The number of aromatic amines is 1. The van der Waals surface area contributed by atoms with Crippen LogP contribution in [0.4, 0.5) is 0 Å². The fourth-order valence-electron chi connectivity index (χ4n) is 6.27. The Morgan fingerprint density at radius 2 is 1.79 bits per heavy atom. The van der Waals surface area contributed by atoms with Gasteiger partial charge in [-0.3, -0.25) is 9.59 Å². The van der Waals surface area contributed by atoms with E-state index in [0.29, 0.717) is 31.2 Å². The molecule has 2 aliphatic heterocycles. The lowest BCUT2D eigenvalue weighted by Gasteiger charge is -2.51. The Labute approximate surface area is 228 Å². The van der Waals surface area contributed by atoms with Crippen molar-refractivity contribution in [3.05, 3.63) is 94.7 Å². The maximum atomic E-state index is 14.3. The van der Waals surface area contributed by atoms with Gasteiger partial charge in [0.2, 0.25) is 5.91 Å². The topological polar surface area (TPSA) is 74.9 Å². The molecule has 7 heteroatoms. The highest BCUT2D eigenvalue weighted by molar-refractivity contribution is 6.01. The van der Waals surface area contributed by atoms with Crippen molar-refractivity contribution in [2.24, 2.45) is 0 Å². The van der Waals surface area contributed by atoms with Crippen molar-refractivity contribution in [3.8, 4) is 11.5 Å². The van der Waals surface area contributed by atoms with E-state index in [1.165, 1.54) is 0 Å². The van der Waals surface area contributed by atoms with Crippen molar-refractivity contribution >= 4 is 22.7 Å². The Kier molecular flexibility index (Phi) is 6.09. The van der Waals surface area contributed by atoms with Crippen LogP contribution >= 0.6 is 0 Å². The lowest BCUT2D eigenvalue weighted by Crippen LogP contribution is -2.67. The quantitative estimate of drug-likeness (QED) is 0.381. The number of hydrogen-bond donors (Lipinski definition) is 1. The Balaban J connectivity index is 1.52. The molecule has 0 saturated carbocycles. The molecule has 2 amide bonds. The summed E-state index contributed by atoms with van der Waals surface area (Å²) in [5.41, 5.74) is 4.66. The first-order chi connectivity index (χ1) is 18.9. The number of benzene rings is 3. The van der Waals surface area contributed by atoms with E-state index in [0.717, 1.165) is 38.9 Å². The molecule has 0 unspecified atom stereocenters. The third-order valence-electron chi connectivity index (χ3n) is 8.20. The van der Waals surface area contributed by atoms with E-state index < -0.39 is 5.54 Å². The molecule has 2 aliphatic rings. The van der Waals surface area contributed by atoms with Crippen molar-refractivity contribution in [3.63, 3.8) is 0 Å². The number of amides is 2. The molecule has 6 rings (SSSR count). The van der Waals surface area contributed by atoms with Gasteiger partial charge in [0.25, 0.3) is 5.91 Å². The van der Waals surface area contributed by atoms with Gasteiger partial charge in [0.1, 0.15) is 6.54 Å². The molecule has 1 N–H and O–H groups in total. The first kappa shape index (κ1) is 25.0. The molecular weight excluding hydrogens is 490 g/mol. The van der Waals surface area contributed by atoms with Crippen LogP contribution in [0.5, 0.6) is 11.5 Å². The number of carbonyl (C=O) groups is 2. The number of H-pyrrole nitrogens is 1. The summed E-state index contributed by atoms with van der Waals surface area (Å²) >= 11 is 0. The minimum atomic E-state index is -1.16. The molecule has 3 heterocycles. The summed E-state index contributed by atoms with van der Waals surface area (Å²) in [6, 6.07) is 22.1. The molecule has 1 fully saturated rings. The van der Waals surface area contributed by atoms with Gasteiger partial charge >= 0.3 is 0 Å². The molecule has 0 spiro atoms. The maximum absolute atomic E-state index is 14.3. The standard InChI is InChI=1S/C32H33N3O4/c1-5-39-29-22(10-8-12-26(29)38-4)24-18-35-27(36)19-34(17-21-15-13-20(2)14-16-21)31(37)32(35,3)30-28(24)23-9-6-7-11-25(23)33-30/h6-16,24,33H,5,17-19H2,1-4H3/t24-,32+/m1/s1. The number of rotatable bonds is 6. The van der Waals surface area contributed by atoms with Crippen LogP contribution in [-0.4, -0.2) is 53.4 Å². The van der Waals surface area contributed by atoms with E-state index in [-0.39, 0.29) is 24.3 Å². The molecule has 3 aromatic carbocycles. The largest absolute Gasteiger partial charge is 0.493 e. The predicted molar refractivity (Wildman–Crippen MR) is 150 cm³/mol. The van der Waals surface area contributed by atoms with Gasteiger partial charge in [-0.2, -0.15) is 0 Å². The minimum Gasteiger partial charge on any atom is -0.493 e. The summed E-state index contributed by atoms with van der Waals surface area (Å²) in [7, 11) is 1.63. The lowest BCUT2D eigenvalue weighted by molar-refractivity contribution is -0.166. The smallest absolute Gasteiger partial charge is 0.255 e. The lowest BCUT2D eigenvalue weighted by atomic mass is 9.76. The highest BCUT2D eigenvalue weighted by Crippen LogP contribution is 2.50. The van der Waals surface area contributed by atoms with E-state index in [4.69, 9.17) is 9.47 Å². The predicted octanol–water partition coefficient (Wildman–Crippen LogP) is 5.12. The Hall–Kier alpha value is -4.26. The fraction of sp³-hybridized carbons (Fsp3) is 0.312. The molecule has 39 heavy (non-hydrogen) atoms. The number of piperazine rings is 1. The molecular formula is C32H33N3O4. The zero-order valence-corrected chi connectivity index (χ0v) is 22.8. The molecule has 1 saturated heterocycles. The van der Waals surface area contributed by atoms with Crippen molar-refractivity contribution in [2.45, 2.75) is 38.8 Å². The summed E-state index contributed by atoms with van der Waals surface area (Å²) in [6.07, 6.45) is 0.